The average molecular weight is 421 g/mol. The molecule has 0 spiro atoms. The molecule has 0 aromatic heterocycles. The van der Waals surface area contributed by atoms with Crippen LogP contribution < -0.4 is 10.6 Å². The van der Waals surface area contributed by atoms with Crippen molar-refractivity contribution < 1.29 is 9.59 Å². The van der Waals surface area contributed by atoms with Crippen molar-refractivity contribution in [1.29, 1.82) is 0 Å². The second-order valence-electron chi connectivity index (χ2n) is 7.56. The van der Waals surface area contributed by atoms with Gasteiger partial charge in [-0.1, -0.05) is 48.2 Å². The van der Waals surface area contributed by atoms with Crippen LogP contribution in [0, 0.1) is 13.8 Å². The van der Waals surface area contributed by atoms with E-state index in [9.17, 15) is 9.59 Å². The summed E-state index contributed by atoms with van der Waals surface area (Å²) in [6.45, 7) is 3.97. The van der Waals surface area contributed by atoms with Crippen molar-refractivity contribution in [3.63, 3.8) is 0 Å². The maximum atomic E-state index is 12.5. The predicted molar refractivity (Wildman–Crippen MR) is 122 cm³/mol. The topological polar surface area (TPSA) is 82.9 Å². The third-order valence-corrected chi connectivity index (χ3v) is 6.55. The first-order valence-corrected chi connectivity index (χ1v) is 11.0. The minimum atomic E-state index is -0.507. The molecule has 30 heavy (non-hydrogen) atoms. The Hall–Kier alpha value is -2.93. The van der Waals surface area contributed by atoms with Crippen molar-refractivity contribution >= 4 is 40.1 Å². The van der Waals surface area contributed by atoms with Crippen LogP contribution in [0.25, 0.3) is 0 Å². The number of hydrogen-bond donors (Lipinski definition) is 2. The van der Waals surface area contributed by atoms with E-state index in [1.165, 1.54) is 17.3 Å². The number of amidine groups is 1. The largest absolute Gasteiger partial charge is 0.326 e. The Balaban J connectivity index is 1.41. The van der Waals surface area contributed by atoms with Gasteiger partial charge in [0.1, 0.15) is 5.25 Å². The van der Waals surface area contributed by atoms with E-state index < -0.39 is 5.25 Å². The highest BCUT2D eigenvalue weighted by molar-refractivity contribution is 8.15. The molecule has 1 fully saturated rings. The van der Waals surface area contributed by atoms with E-state index in [4.69, 9.17) is 0 Å². The Morgan fingerprint density at radius 2 is 1.97 bits per heavy atom. The normalized spacial score (nSPS) is 20.9. The Morgan fingerprint density at radius 3 is 2.83 bits per heavy atom. The molecule has 1 aliphatic carbocycles. The second kappa shape index (κ2) is 8.83. The van der Waals surface area contributed by atoms with Crippen molar-refractivity contribution in [3.8, 4) is 0 Å². The third kappa shape index (κ3) is 4.46. The summed E-state index contributed by atoms with van der Waals surface area (Å²) in [5, 5.41) is 14.3. The van der Waals surface area contributed by atoms with Crippen LogP contribution in [-0.4, -0.2) is 27.9 Å². The molecule has 0 radical (unpaired) electrons. The van der Waals surface area contributed by atoms with Crippen LogP contribution >= 0.6 is 11.8 Å². The number of rotatable bonds is 4. The summed E-state index contributed by atoms with van der Waals surface area (Å²) in [7, 11) is 0. The van der Waals surface area contributed by atoms with E-state index in [2.05, 4.69) is 33.0 Å². The molecule has 0 bridgehead atoms. The van der Waals surface area contributed by atoms with Gasteiger partial charge in [-0.15, -0.1) is 5.10 Å². The molecule has 0 saturated carbocycles. The fourth-order valence-electron chi connectivity index (χ4n) is 3.65. The van der Waals surface area contributed by atoms with Gasteiger partial charge >= 0.3 is 0 Å². The van der Waals surface area contributed by atoms with Gasteiger partial charge in [0.15, 0.2) is 5.17 Å². The minimum Gasteiger partial charge on any atom is -0.326 e. The number of fused-ring (bicyclic) bond motifs is 1. The SMILES string of the molecule is Cc1cccc(NC(=O)C[C@H]2S/C(=N/N=C3/CCCc4ccccc43)NC2=O)c1C. The molecule has 4 rings (SSSR count). The lowest BCUT2D eigenvalue weighted by Gasteiger charge is -2.16. The number of benzene rings is 2. The van der Waals surface area contributed by atoms with Gasteiger partial charge in [-0.25, -0.2) is 0 Å². The fraction of sp³-hybridized carbons (Fsp3) is 0.304. The summed E-state index contributed by atoms with van der Waals surface area (Å²) >= 11 is 1.26. The third-order valence-electron chi connectivity index (χ3n) is 5.48. The smallest absolute Gasteiger partial charge is 0.240 e. The minimum absolute atomic E-state index is 0.0856. The van der Waals surface area contributed by atoms with Gasteiger partial charge in [-0.3, -0.25) is 9.59 Å². The van der Waals surface area contributed by atoms with Crippen molar-refractivity contribution in [3.05, 3.63) is 64.7 Å². The fourth-order valence-corrected chi connectivity index (χ4v) is 4.57. The van der Waals surface area contributed by atoms with Crippen LogP contribution in [0.3, 0.4) is 0 Å². The number of amides is 2. The number of anilines is 1. The van der Waals surface area contributed by atoms with Crippen molar-refractivity contribution in [1.82, 2.24) is 5.32 Å². The molecule has 1 atom stereocenters. The van der Waals surface area contributed by atoms with E-state index >= 15 is 0 Å². The van der Waals surface area contributed by atoms with E-state index in [1.54, 1.807) is 0 Å². The summed E-state index contributed by atoms with van der Waals surface area (Å²) in [6, 6.07) is 14.0. The van der Waals surface area contributed by atoms with E-state index in [-0.39, 0.29) is 18.2 Å². The molecular weight excluding hydrogens is 396 g/mol. The first-order chi connectivity index (χ1) is 14.5. The van der Waals surface area contributed by atoms with Crippen LogP contribution in [0.1, 0.15) is 41.5 Å². The quantitative estimate of drug-likeness (QED) is 0.735. The number of hydrogen-bond acceptors (Lipinski definition) is 5. The maximum Gasteiger partial charge on any atom is 0.240 e. The first-order valence-electron chi connectivity index (χ1n) is 10.1. The maximum absolute atomic E-state index is 12.5. The molecule has 7 heteroatoms. The summed E-state index contributed by atoms with van der Waals surface area (Å²) in [5.41, 5.74) is 6.27. The molecule has 2 aliphatic rings. The number of nitrogens with zero attached hydrogens (tertiary/aromatic N) is 2. The summed E-state index contributed by atoms with van der Waals surface area (Å²) < 4.78 is 0. The van der Waals surface area contributed by atoms with Crippen LogP contribution in [0.4, 0.5) is 5.69 Å². The molecule has 0 unspecified atom stereocenters. The van der Waals surface area contributed by atoms with Crippen molar-refractivity contribution in [2.24, 2.45) is 10.2 Å². The number of aryl methyl sites for hydroxylation is 2. The van der Waals surface area contributed by atoms with Gasteiger partial charge in [0, 0.05) is 17.7 Å². The molecule has 2 amide bonds. The Morgan fingerprint density at radius 1 is 1.13 bits per heavy atom. The molecule has 1 heterocycles. The zero-order chi connectivity index (χ0) is 21.1. The zero-order valence-corrected chi connectivity index (χ0v) is 17.9. The van der Waals surface area contributed by atoms with E-state index in [1.807, 2.05) is 44.2 Å². The van der Waals surface area contributed by atoms with E-state index in [0.717, 1.165) is 47.4 Å². The number of carbonyl (C=O) groups is 2. The Bertz CT molecular complexity index is 1060. The number of nitrogens with one attached hydrogen (secondary N) is 2. The number of thioether (sulfide) groups is 1. The summed E-state index contributed by atoms with van der Waals surface area (Å²) in [6.07, 6.45) is 3.05. The van der Waals surface area contributed by atoms with E-state index in [0.29, 0.717) is 5.17 Å². The molecule has 2 N–H and O–H groups in total. The van der Waals surface area contributed by atoms with Crippen LogP contribution in [0.2, 0.25) is 0 Å². The highest BCUT2D eigenvalue weighted by Gasteiger charge is 2.32. The zero-order valence-electron chi connectivity index (χ0n) is 17.1. The van der Waals surface area contributed by atoms with Crippen LogP contribution in [0.5, 0.6) is 0 Å². The van der Waals surface area contributed by atoms with Gasteiger partial charge < -0.3 is 10.6 Å². The summed E-state index contributed by atoms with van der Waals surface area (Å²) in [5.74, 6) is -0.399. The van der Waals surface area contributed by atoms with Gasteiger partial charge in [0.2, 0.25) is 11.8 Å². The van der Waals surface area contributed by atoms with Crippen molar-refractivity contribution in [2.45, 2.75) is 44.8 Å². The highest BCUT2D eigenvalue weighted by Crippen LogP contribution is 2.25. The standard InChI is InChI=1S/C23H24N4O2S/c1-14-7-5-11-18(15(14)2)24-21(28)13-20-22(29)25-23(30-20)27-26-19-12-6-9-16-8-3-4-10-17(16)19/h3-5,7-8,10-11,20H,6,9,12-13H2,1-2H3,(H,24,28)(H,25,27,29)/b26-19-/t20-/m1/s1. The first kappa shape index (κ1) is 20.3. The Labute approximate surface area is 180 Å². The van der Waals surface area contributed by atoms with Gasteiger partial charge in [0.25, 0.3) is 0 Å². The monoisotopic (exact) mass is 420 g/mol. The lowest BCUT2D eigenvalue weighted by Crippen LogP contribution is -2.28. The molecule has 154 valence electrons. The lowest BCUT2D eigenvalue weighted by molar-refractivity contribution is -0.122. The molecule has 1 aliphatic heterocycles. The Kier molecular flexibility index (Phi) is 5.99. The van der Waals surface area contributed by atoms with Gasteiger partial charge in [-0.2, -0.15) is 5.10 Å². The van der Waals surface area contributed by atoms with Crippen molar-refractivity contribution in [2.75, 3.05) is 5.32 Å². The molecule has 6 nitrogen and oxygen atoms in total. The lowest BCUT2D eigenvalue weighted by atomic mass is 9.90. The summed E-state index contributed by atoms with van der Waals surface area (Å²) in [4.78, 5) is 24.8. The van der Waals surface area contributed by atoms with Gasteiger partial charge in [-0.05, 0) is 55.9 Å². The second-order valence-corrected chi connectivity index (χ2v) is 8.75. The molecule has 2 aromatic rings. The van der Waals surface area contributed by atoms with Crippen LogP contribution in [-0.2, 0) is 16.0 Å². The van der Waals surface area contributed by atoms with Gasteiger partial charge in [0.05, 0.1) is 5.71 Å². The number of carbonyl (C=O) groups excluding carboxylic acids is 2. The average Bonchev–Trinajstić information content (AvgIpc) is 3.09. The predicted octanol–water partition coefficient (Wildman–Crippen LogP) is 3.96. The molecule has 1 saturated heterocycles. The van der Waals surface area contributed by atoms with Crippen LogP contribution in [0.15, 0.2) is 52.7 Å². The molecule has 2 aromatic carbocycles. The molecular formula is C23H24N4O2S. The highest BCUT2D eigenvalue weighted by atomic mass is 32.2.